The van der Waals surface area contributed by atoms with E-state index in [4.69, 9.17) is 11.6 Å². The van der Waals surface area contributed by atoms with E-state index in [0.29, 0.717) is 11.6 Å². The molecular formula is C12H14ClNO2. The van der Waals surface area contributed by atoms with Gasteiger partial charge in [0.1, 0.15) is 0 Å². The molecule has 0 N–H and O–H groups in total. The molecular weight excluding hydrogens is 226 g/mol. The Labute approximate surface area is 100 Å². The van der Waals surface area contributed by atoms with E-state index in [1.807, 2.05) is 25.1 Å². The molecule has 0 bridgehead atoms. The van der Waals surface area contributed by atoms with Crippen LogP contribution in [0.5, 0.6) is 0 Å². The zero-order chi connectivity index (χ0) is 12.0. The van der Waals surface area contributed by atoms with Gasteiger partial charge in [0.05, 0.1) is 7.11 Å². The summed E-state index contributed by atoms with van der Waals surface area (Å²) in [6.45, 7) is 1.83. The van der Waals surface area contributed by atoms with Crippen LogP contribution in [0.25, 0.3) is 6.08 Å². The molecule has 0 fully saturated rings. The second-order valence-corrected chi connectivity index (χ2v) is 3.68. The van der Waals surface area contributed by atoms with Crippen molar-refractivity contribution in [3.63, 3.8) is 0 Å². The second kappa shape index (κ2) is 6.28. The molecule has 1 aromatic rings. The first-order valence-electron chi connectivity index (χ1n) is 4.96. The van der Waals surface area contributed by atoms with Crippen molar-refractivity contribution in [2.24, 2.45) is 0 Å². The molecule has 0 radical (unpaired) electrons. The minimum absolute atomic E-state index is 0.358. The fourth-order valence-corrected chi connectivity index (χ4v) is 1.41. The van der Waals surface area contributed by atoms with Gasteiger partial charge in [-0.3, -0.25) is 0 Å². The maximum atomic E-state index is 11.3. The Morgan fingerprint density at radius 2 is 2.38 bits per heavy atom. The smallest absolute Gasteiger partial charge is 0.356 e. The Morgan fingerprint density at radius 1 is 1.62 bits per heavy atom. The van der Waals surface area contributed by atoms with Crippen molar-refractivity contribution in [3.8, 4) is 0 Å². The Morgan fingerprint density at radius 3 is 2.94 bits per heavy atom. The topological polar surface area (TPSA) is 39.2 Å². The highest BCUT2D eigenvalue weighted by atomic mass is 35.5. The molecule has 4 heteroatoms. The Balaban J connectivity index is 2.86. The van der Waals surface area contributed by atoms with Gasteiger partial charge in [0, 0.05) is 12.1 Å². The maximum Gasteiger partial charge on any atom is 0.356 e. The number of hydrogen-bond donors (Lipinski definition) is 0. The normalized spacial score (nSPS) is 10.7. The van der Waals surface area contributed by atoms with Crippen LogP contribution in [-0.4, -0.2) is 23.9 Å². The summed E-state index contributed by atoms with van der Waals surface area (Å²) in [6, 6.07) is 1.89. The molecule has 16 heavy (non-hydrogen) atoms. The summed E-state index contributed by atoms with van der Waals surface area (Å²) in [4.78, 5) is 15.4. The van der Waals surface area contributed by atoms with Gasteiger partial charge in [0.2, 0.25) is 0 Å². The molecule has 0 unspecified atom stereocenters. The van der Waals surface area contributed by atoms with Gasteiger partial charge in [-0.25, -0.2) is 9.78 Å². The van der Waals surface area contributed by atoms with Gasteiger partial charge in [0.25, 0.3) is 0 Å². The molecule has 0 atom stereocenters. The molecule has 0 spiro atoms. The average molecular weight is 240 g/mol. The third-order valence-electron chi connectivity index (χ3n) is 2.06. The van der Waals surface area contributed by atoms with Crippen molar-refractivity contribution in [2.75, 3.05) is 13.0 Å². The lowest BCUT2D eigenvalue weighted by Crippen LogP contribution is -2.06. The van der Waals surface area contributed by atoms with Crippen LogP contribution >= 0.6 is 11.6 Å². The number of carbonyl (C=O) groups excluding carboxylic acids is 1. The summed E-state index contributed by atoms with van der Waals surface area (Å²) >= 11 is 5.56. The van der Waals surface area contributed by atoms with Crippen molar-refractivity contribution in [3.05, 3.63) is 35.2 Å². The number of nitrogens with zero attached hydrogens (tertiary/aromatic N) is 1. The van der Waals surface area contributed by atoms with Gasteiger partial charge in [-0.1, -0.05) is 12.2 Å². The molecule has 1 rings (SSSR count). The summed E-state index contributed by atoms with van der Waals surface area (Å²) in [5.74, 6) is 0.192. The first-order chi connectivity index (χ1) is 7.69. The fraction of sp³-hybridized carbons (Fsp3) is 0.333. The molecule has 1 aromatic heterocycles. The molecule has 1 heterocycles. The number of esters is 1. The molecule has 86 valence electrons. The van der Waals surface area contributed by atoms with Crippen molar-refractivity contribution >= 4 is 23.6 Å². The molecule has 0 aromatic carbocycles. The average Bonchev–Trinajstić information content (AvgIpc) is 2.29. The van der Waals surface area contributed by atoms with Crippen LogP contribution in [0.2, 0.25) is 0 Å². The molecule has 0 saturated heterocycles. The van der Waals surface area contributed by atoms with Gasteiger partial charge in [0.15, 0.2) is 5.69 Å². The zero-order valence-electron chi connectivity index (χ0n) is 9.37. The lowest BCUT2D eigenvalue weighted by molar-refractivity contribution is 0.0593. The van der Waals surface area contributed by atoms with Crippen LogP contribution < -0.4 is 0 Å². The Hall–Kier alpha value is -1.35. The number of aryl methyl sites for hydroxylation is 1. The van der Waals surface area contributed by atoms with E-state index < -0.39 is 5.97 Å². The highest BCUT2D eigenvalue weighted by molar-refractivity contribution is 6.17. The predicted octanol–water partition coefficient (Wildman–Crippen LogP) is 2.82. The number of allylic oxidation sites excluding steroid dienone is 1. The summed E-state index contributed by atoms with van der Waals surface area (Å²) in [7, 11) is 1.34. The minimum Gasteiger partial charge on any atom is -0.464 e. The van der Waals surface area contributed by atoms with Gasteiger partial charge < -0.3 is 4.74 Å². The number of carbonyl (C=O) groups is 1. The van der Waals surface area contributed by atoms with Crippen molar-refractivity contribution in [2.45, 2.75) is 13.3 Å². The SMILES string of the molecule is COC(=O)c1ncc(C=CCCCl)cc1C. The largest absolute Gasteiger partial charge is 0.464 e. The number of methoxy groups -OCH3 is 1. The fourth-order valence-electron chi connectivity index (χ4n) is 1.28. The van der Waals surface area contributed by atoms with Crippen LogP contribution in [-0.2, 0) is 4.74 Å². The lowest BCUT2D eigenvalue weighted by atomic mass is 10.1. The minimum atomic E-state index is -0.409. The quantitative estimate of drug-likeness (QED) is 0.599. The van der Waals surface area contributed by atoms with E-state index in [1.54, 1.807) is 6.20 Å². The first-order valence-corrected chi connectivity index (χ1v) is 5.50. The van der Waals surface area contributed by atoms with Crippen molar-refractivity contribution < 1.29 is 9.53 Å². The van der Waals surface area contributed by atoms with E-state index in [9.17, 15) is 4.79 Å². The second-order valence-electron chi connectivity index (χ2n) is 3.31. The number of halogens is 1. The summed E-state index contributed by atoms with van der Waals surface area (Å²) < 4.78 is 4.62. The molecule has 0 saturated carbocycles. The lowest BCUT2D eigenvalue weighted by Gasteiger charge is -2.03. The third kappa shape index (κ3) is 3.35. The van der Waals surface area contributed by atoms with Gasteiger partial charge >= 0.3 is 5.97 Å². The Bertz CT molecular complexity index is 402. The van der Waals surface area contributed by atoms with Gasteiger partial charge in [-0.15, -0.1) is 11.6 Å². The van der Waals surface area contributed by atoms with Gasteiger partial charge in [-0.2, -0.15) is 0 Å². The van der Waals surface area contributed by atoms with E-state index in [-0.39, 0.29) is 0 Å². The summed E-state index contributed by atoms with van der Waals surface area (Å²) in [5, 5.41) is 0. The number of ether oxygens (including phenoxy) is 1. The molecule has 3 nitrogen and oxygen atoms in total. The molecule has 0 amide bonds. The highest BCUT2D eigenvalue weighted by Gasteiger charge is 2.10. The van der Waals surface area contributed by atoms with E-state index in [2.05, 4.69) is 9.72 Å². The highest BCUT2D eigenvalue weighted by Crippen LogP contribution is 2.10. The van der Waals surface area contributed by atoms with Gasteiger partial charge in [-0.05, 0) is 30.5 Å². The number of rotatable bonds is 4. The summed E-state index contributed by atoms with van der Waals surface area (Å²) in [5.41, 5.74) is 2.12. The van der Waals surface area contributed by atoms with Crippen LogP contribution in [0.4, 0.5) is 0 Å². The van der Waals surface area contributed by atoms with E-state index >= 15 is 0 Å². The van der Waals surface area contributed by atoms with E-state index in [1.165, 1.54) is 7.11 Å². The standard InChI is InChI=1S/C12H14ClNO2/c1-9-7-10(5-3-4-6-13)8-14-11(9)12(15)16-2/h3,5,7-8H,4,6H2,1-2H3. The first kappa shape index (κ1) is 12.7. The number of hydrogen-bond acceptors (Lipinski definition) is 3. The van der Waals surface area contributed by atoms with Crippen molar-refractivity contribution in [1.82, 2.24) is 4.98 Å². The van der Waals surface area contributed by atoms with E-state index in [0.717, 1.165) is 17.5 Å². The number of aromatic nitrogens is 1. The molecule has 0 aliphatic heterocycles. The monoisotopic (exact) mass is 239 g/mol. The zero-order valence-corrected chi connectivity index (χ0v) is 10.1. The Kier molecular flexibility index (Phi) is 4.99. The maximum absolute atomic E-state index is 11.3. The van der Waals surface area contributed by atoms with Crippen LogP contribution in [0, 0.1) is 6.92 Å². The predicted molar refractivity (Wildman–Crippen MR) is 64.7 cm³/mol. The molecule has 0 aliphatic rings. The number of pyridine rings is 1. The molecule has 0 aliphatic carbocycles. The number of alkyl halides is 1. The van der Waals surface area contributed by atoms with Crippen LogP contribution in [0.3, 0.4) is 0 Å². The van der Waals surface area contributed by atoms with Crippen LogP contribution in [0.1, 0.15) is 28.0 Å². The van der Waals surface area contributed by atoms with Crippen molar-refractivity contribution in [1.29, 1.82) is 0 Å². The van der Waals surface area contributed by atoms with Crippen LogP contribution in [0.15, 0.2) is 18.3 Å². The summed E-state index contributed by atoms with van der Waals surface area (Å²) in [6.07, 6.45) is 6.37. The third-order valence-corrected chi connectivity index (χ3v) is 2.28.